The van der Waals surface area contributed by atoms with Gasteiger partial charge in [0.25, 0.3) is 0 Å². The van der Waals surface area contributed by atoms with Crippen LogP contribution in [0, 0.1) is 0 Å². The Morgan fingerprint density at radius 3 is 2.29 bits per heavy atom. The summed E-state index contributed by atoms with van der Waals surface area (Å²) in [4.78, 5) is 22.5. The van der Waals surface area contributed by atoms with Crippen LogP contribution in [0.1, 0.15) is 6.42 Å². The van der Waals surface area contributed by atoms with Crippen molar-refractivity contribution in [3.8, 4) is 0 Å². The number of nitrogens with zero attached hydrogens (tertiary/aromatic N) is 1. The number of rotatable bonds is 7. The second kappa shape index (κ2) is 7.07. The zero-order valence-corrected chi connectivity index (χ0v) is 10.6. The maximum atomic E-state index is 11.2. The monoisotopic (exact) mass is 267 g/mol. The van der Waals surface area contributed by atoms with Crippen LogP contribution in [-0.2, 0) is 14.8 Å². The van der Waals surface area contributed by atoms with Crippen LogP contribution in [-0.4, -0.2) is 63.4 Å². The van der Waals surface area contributed by atoms with Gasteiger partial charge in [0.2, 0.25) is 10.0 Å². The van der Waals surface area contributed by atoms with E-state index < -0.39 is 28.2 Å². The van der Waals surface area contributed by atoms with Crippen LogP contribution in [0.5, 0.6) is 0 Å². The quantitative estimate of drug-likeness (QED) is 0.493. The molecule has 0 aliphatic rings. The molecule has 0 heterocycles. The van der Waals surface area contributed by atoms with Crippen molar-refractivity contribution in [1.82, 2.24) is 14.9 Å². The lowest BCUT2D eigenvalue weighted by molar-refractivity contribution is -0.136. The average Bonchev–Trinajstić information content (AvgIpc) is 2.21. The van der Waals surface area contributed by atoms with Crippen molar-refractivity contribution in [1.29, 1.82) is 0 Å². The molecule has 0 aromatic rings. The number of nitrogens with one attached hydrogen (secondary N) is 2. The molecule has 0 spiro atoms. The van der Waals surface area contributed by atoms with Gasteiger partial charge in [0.05, 0.1) is 12.2 Å². The first-order chi connectivity index (χ1) is 7.74. The van der Waals surface area contributed by atoms with Gasteiger partial charge in [-0.05, 0) is 0 Å². The molecule has 17 heavy (non-hydrogen) atoms. The van der Waals surface area contributed by atoms with Crippen molar-refractivity contribution < 1.29 is 23.1 Å². The first-order valence-electron chi connectivity index (χ1n) is 4.89. The molecule has 100 valence electrons. The van der Waals surface area contributed by atoms with Crippen LogP contribution >= 0.6 is 0 Å². The summed E-state index contributed by atoms with van der Waals surface area (Å²) < 4.78 is 24.6. The summed E-state index contributed by atoms with van der Waals surface area (Å²) in [6.07, 6.45) is -0.445. The van der Waals surface area contributed by atoms with E-state index in [2.05, 4.69) is 10.0 Å². The molecule has 0 aromatic heterocycles. The van der Waals surface area contributed by atoms with Gasteiger partial charge in [-0.25, -0.2) is 17.9 Å². The number of aliphatic carboxylic acids is 1. The molecule has 0 radical (unpaired) electrons. The Balaban J connectivity index is 3.81. The lowest BCUT2D eigenvalue weighted by Crippen LogP contribution is -2.40. The lowest BCUT2D eigenvalue weighted by Gasteiger charge is -2.12. The number of carbonyl (C=O) groups excluding carboxylic acids is 1. The third-order valence-electron chi connectivity index (χ3n) is 1.71. The number of hydrogen-bond acceptors (Lipinski definition) is 4. The van der Waals surface area contributed by atoms with Crippen molar-refractivity contribution in [2.45, 2.75) is 6.42 Å². The fourth-order valence-electron chi connectivity index (χ4n) is 0.828. The van der Waals surface area contributed by atoms with E-state index in [0.29, 0.717) is 0 Å². The van der Waals surface area contributed by atoms with Crippen LogP contribution in [0.15, 0.2) is 0 Å². The topological polar surface area (TPSA) is 116 Å². The minimum Gasteiger partial charge on any atom is -0.481 e. The number of carboxylic acid groups (broad SMARTS) is 1. The first-order valence-corrected chi connectivity index (χ1v) is 6.54. The zero-order valence-electron chi connectivity index (χ0n) is 9.76. The molecule has 0 saturated heterocycles. The number of carboxylic acids is 1. The molecule has 8 nitrogen and oxygen atoms in total. The molecule has 0 aromatic carbocycles. The fraction of sp³-hybridized carbons (Fsp3) is 0.750. The van der Waals surface area contributed by atoms with Gasteiger partial charge >= 0.3 is 12.0 Å². The summed E-state index contributed by atoms with van der Waals surface area (Å²) in [5.41, 5.74) is 0. The van der Waals surface area contributed by atoms with E-state index in [1.165, 1.54) is 4.90 Å². The molecule has 9 heteroatoms. The number of amides is 2. The first kappa shape index (κ1) is 15.7. The summed E-state index contributed by atoms with van der Waals surface area (Å²) in [7, 11) is -0.467. The summed E-state index contributed by atoms with van der Waals surface area (Å²) in [5.74, 6) is -1.64. The fourth-order valence-corrected chi connectivity index (χ4v) is 1.83. The molecule has 0 rings (SSSR count). The highest BCUT2D eigenvalue weighted by atomic mass is 32.2. The normalized spacial score (nSPS) is 10.9. The van der Waals surface area contributed by atoms with Crippen LogP contribution < -0.4 is 10.0 Å². The standard InChI is InChI=1S/C8H17N3O5S/c1-11(2)8(14)9-4-5-10-17(15,16)6-3-7(12)13/h10H,3-6H2,1-2H3,(H,9,14)(H,12,13). The number of carbonyl (C=O) groups is 2. The van der Waals surface area contributed by atoms with E-state index in [-0.39, 0.29) is 19.1 Å². The van der Waals surface area contributed by atoms with Crippen LogP contribution in [0.4, 0.5) is 4.79 Å². The summed E-state index contributed by atoms with van der Waals surface area (Å²) >= 11 is 0. The highest BCUT2D eigenvalue weighted by molar-refractivity contribution is 7.89. The Morgan fingerprint density at radius 1 is 1.24 bits per heavy atom. The van der Waals surface area contributed by atoms with E-state index in [4.69, 9.17) is 5.11 Å². The molecule has 3 N–H and O–H groups in total. The number of urea groups is 1. The highest BCUT2D eigenvalue weighted by Crippen LogP contribution is 1.88. The minimum atomic E-state index is -3.59. The summed E-state index contributed by atoms with van der Waals surface area (Å²) in [5, 5.41) is 10.8. The van der Waals surface area contributed by atoms with E-state index in [1.807, 2.05) is 0 Å². The van der Waals surface area contributed by atoms with Crippen LogP contribution in [0.3, 0.4) is 0 Å². The summed E-state index contributed by atoms with van der Waals surface area (Å²) in [6.45, 7) is 0.171. The average molecular weight is 267 g/mol. The van der Waals surface area contributed by atoms with E-state index in [0.717, 1.165) is 0 Å². The molecule has 2 amide bonds. The molecular formula is C8H17N3O5S. The van der Waals surface area contributed by atoms with Gasteiger partial charge in [0, 0.05) is 27.2 Å². The maximum Gasteiger partial charge on any atom is 0.316 e. The molecule has 0 aliphatic carbocycles. The Hall–Kier alpha value is -1.35. The van der Waals surface area contributed by atoms with Gasteiger partial charge in [-0.3, -0.25) is 4.79 Å². The van der Waals surface area contributed by atoms with Crippen LogP contribution in [0.2, 0.25) is 0 Å². The largest absolute Gasteiger partial charge is 0.481 e. The Bertz CT molecular complexity index is 365. The Morgan fingerprint density at radius 2 is 1.82 bits per heavy atom. The smallest absolute Gasteiger partial charge is 0.316 e. The SMILES string of the molecule is CN(C)C(=O)NCCNS(=O)(=O)CCC(=O)O. The van der Waals surface area contributed by atoms with Crippen molar-refractivity contribution in [2.75, 3.05) is 32.9 Å². The molecule has 0 fully saturated rings. The molecular weight excluding hydrogens is 250 g/mol. The molecule has 0 unspecified atom stereocenters. The van der Waals surface area contributed by atoms with E-state index in [9.17, 15) is 18.0 Å². The molecule has 0 bridgehead atoms. The third-order valence-corrected chi connectivity index (χ3v) is 3.10. The van der Waals surface area contributed by atoms with E-state index in [1.54, 1.807) is 14.1 Å². The second-order valence-corrected chi connectivity index (χ2v) is 5.41. The van der Waals surface area contributed by atoms with Gasteiger partial charge in [0.15, 0.2) is 0 Å². The highest BCUT2D eigenvalue weighted by Gasteiger charge is 2.12. The van der Waals surface area contributed by atoms with Gasteiger partial charge in [0.1, 0.15) is 0 Å². The van der Waals surface area contributed by atoms with Crippen LogP contribution in [0.25, 0.3) is 0 Å². The predicted molar refractivity (Wildman–Crippen MR) is 61.1 cm³/mol. The van der Waals surface area contributed by atoms with Crippen molar-refractivity contribution >= 4 is 22.0 Å². The van der Waals surface area contributed by atoms with Gasteiger partial charge < -0.3 is 15.3 Å². The molecule has 0 atom stereocenters. The van der Waals surface area contributed by atoms with E-state index >= 15 is 0 Å². The minimum absolute atomic E-state index is 0.0293. The summed E-state index contributed by atoms with van der Waals surface area (Å²) in [6, 6.07) is -0.324. The zero-order chi connectivity index (χ0) is 13.5. The maximum absolute atomic E-state index is 11.2. The Kier molecular flexibility index (Phi) is 6.51. The number of hydrogen-bond donors (Lipinski definition) is 3. The second-order valence-electron chi connectivity index (χ2n) is 3.48. The molecule has 0 saturated carbocycles. The predicted octanol–water partition coefficient (Wildman–Crippen LogP) is -1.35. The van der Waals surface area contributed by atoms with Gasteiger partial charge in [-0.15, -0.1) is 0 Å². The van der Waals surface area contributed by atoms with Gasteiger partial charge in [-0.2, -0.15) is 0 Å². The molecule has 0 aliphatic heterocycles. The Labute approximate surface area is 100 Å². The van der Waals surface area contributed by atoms with Crippen molar-refractivity contribution in [3.05, 3.63) is 0 Å². The van der Waals surface area contributed by atoms with Crippen molar-refractivity contribution in [2.24, 2.45) is 0 Å². The van der Waals surface area contributed by atoms with Gasteiger partial charge in [-0.1, -0.05) is 0 Å². The third kappa shape index (κ3) is 8.46. The number of sulfonamides is 1. The lowest BCUT2D eigenvalue weighted by atomic mass is 10.5. The van der Waals surface area contributed by atoms with Crippen molar-refractivity contribution in [3.63, 3.8) is 0 Å².